The molecule has 0 amide bonds. The molecule has 2 N–H and O–H groups in total. The van der Waals surface area contributed by atoms with Gasteiger partial charge in [-0.3, -0.25) is 0 Å². The van der Waals surface area contributed by atoms with Gasteiger partial charge in [0, 0.05) is 6.54 Å². The Morgan fingerprint density at radius 1 is 1.18 bits per heavy atom. The van der Waals surface area contributed by atoms with E-state index in [4.69, 9.17) is 24.3 Å². The van der Waals surface area contributed by atoms with Crippen LogP contribution in [0.4, 0.5) is 0 Å². The van der Waals surface area contributed by atoms with Crippen LogP contribution in [0.1, 0.15) is 5.56 Å². The van der Waals surface area contributed by atoms with E-state index in [0.29, 0.717) is 6.54 Å². The molecule has 0 fully saturated rings. The molecule has 0 bridgehead atoms. The molecule has 0 radical (unpaired) electrons. The van der Waals surface area contributed by atoms with Crippen molar-refractivity contribution in [1.82, 2.24) is 0 Å². The zero-order chi connectivity index (χ0) is 8.53. The van der Waals surface area contributed by atoms with Crippen LogP contribution in [0.5, 0.6) is 0 Å². The minimum absolute atomic E-state index is 0.556. The van der Waals surface area contributed by atoms with Gasteiger partial charge < -0.3 is 5.73 Å². The molecule has 0 spiro atoms. The monoisotopic (exact) mass is 225 g/mol. The Balaban J connectivity index is 0.000000292. The van der Waals surface area contributed by atoms with Crippen LogP contribution in [0.3, 0.4) is 0 Å². The van der Waals surface area contributed by atoms with Gasteiger partial charge in [-0.15, -0.1) is 0 Å². The van der Waals surface area contributed by atoms with Gasteiger partial charge in [0.15, 0.2) is 0 Å². The normalized spacial score (nSPS) is 7.91. The number of hydrogen-bond donors (Lipinski definition) is 1. The molecule has 1 rings (SSSR count). The average Bonchev–Trinajstić information content (AvgIpc) is 2.08. The predicted molar refractivity (Wildman–Crippen MR) is 46.0 cm³/mol. The third-order valence-electron chi connectivity index (χ3n) is 1.08. The Labute approximate surface area is 83.6 Å². The summed E-state index contributed by atoms with van der Waals surface area (Å²) in [6.07, 6.45) is 0. The first-order chi connectivity index (χ1) is 5.35. The van der Waals surface area contributed by atoms with Crippen molar-refractivity contribution in [3.63, 3.8) is 0 Å². The van der Waals surface area contributed by atoms with Gasteiger partial charge in [0.1, 0.15) is 0 Å². The fraction of sp³-hybridized carbons (Fsp3) is 0.143. The summed E-state index contributed by atoms with van der Waals surface area (Å²) in [5.41, 5.74) is 6.54. The first-order valence-electron chi connectivity index (χ1n) is 3.05. The van der Waals surface area contributed by atoms with Crippen molar-refractivity contribution in [3.05, 3.63) is 35.9 Å². The Morgan fingerprint density at radius 3 is 1.91 bits per heavy atom. The van der Waals surface area contributed by atoms with Crippen LogP contribution in [0, 0.1) is 0 Å². The standard InChI is InChI=1S/C7H9N.2ClH.Ti/c8-6-7-4-2-1-3-5-7;;;/h1-5H,6,8H2;2*1H;/q;;;+2/p-2. The average molecular weight is 226 g/mol. The summed E-state index contributed by atoms with van der Waals surface area (Å²) in [5.74, 6) is 0. The van der Waals surface area contributed by atoms with Crippen LogP contribution in [0.2, 0.25) is 0 Å². The second kappa shape index (κ2) is 8.57. The first-order valence-corrected chi connectivity index (χ1v) is 7.35. The van der Waals surface area contributed by atoms with E-state index in [9.17, 15) is 0 Å². The first kappa shape index (κ1) is 11.5. The van der Waals surface area contributed by atoms with Crippen LogP contribution in [0.25, 0.3) is 0 Å². The third kappa shape index (κ3) is 6.86. The Bertz CT molecular complexity index is 169. The van der Waals surface area contributed by atoms with Crippen molar-refractivity contribution in [2.45, 2.75) is 6.54 Å². The second-order valence-electron chi connectivity index (χ2n) is 1.76. The molecular formula is C7H9Cl2NTi. The summed E-state index contributed by atoms with van der Waals surface area (Å²) in [7, 11) is 9.78. The van der Waals surface area contributed by atoms with E-state index in [1.165, 1.54) is 5.56 Å². The van der Waals surface area contributed by atoms with Gasteiger partial charge in [0.2, 0.25) is 0 Å². The van der Waals surface area contributed by atoms with Gasteiger partial charge >= 0.3 is 35.6 Å². The van der Waals surface area contributed by atoms with Gasteiger partial charge in [-0.05, 0) is 5.56 Å². The molecule has 1 nitrogen and oxygen atoms in total. The molecule has 0 saturated carbocycles. The number of nitrogens with two attached hydrogens (primary N) is 1. The van der Waals surface area contributed by atoms with Crippen LogP contribution in [0.15, 0.2) is 30.3 Å². The summed E-state index contributed by atoms with van der Waals surface area (Å²) in [5, 5.41) is 0. The molecule has 0 aliphatic rings. The Morgan fingerprint density at radius 2 is 1.64 bits per heavy atom. The van der Waals surface area contributed by atoms with Gasteiger partial charge in [-0.25, -0.2) is 0 Å². The molecule has 0 aliphatic carbocycles. The fourth-order valence-corrected chi connectivity index (χ4v) is 0.614. The number of halogens is 2. The van der Waals surface area contributed by atoms with E-state index in [0.717, 1.165) is 0 Å². The molecule has 11 heavy (non-hydrogen) atoms. The molecule has 0 atom stereocenters. The molecule has 1 aromatic carbocycles. The fourth-order valence-electron chi connectivity index (χ4n) is 0.614. The zero-order valence-corrected chi connectivity index (χ0v) is 9.00. The van der Waals surface area contributed by atoms with Gasteiger partial charge in [0.25, 0.3) is 0 Å². The summed E-state index contributed by atoms with van der Waals surface area (Å²) < 4.78 is 0. The van der Waals surface area contributed by atoms with E-state index in [1.54, 1.807) is 0 Å². The van der Waals surface area contributed by atoms with Crippen molar-refractivity contribution in [2.75, 3.05) is 0 Å². The Kier molecular flexibility index (Phi) is 8.94. The molecule has 0 saturated heterocycles. The van der Waals surface area contributed by atoms with Crippen molar-refractivity contribution in [1.29, 1.82) is 0 Å². The molecule has 0 aromatic heterocycles. The van der Waals surface area contributed by atoms with E-state index < -0.39 is 17.0 Å². The maximum absolute atomic E-state index is 5.35. The van der Waals surface area contributed by atoms with Crippen LogP contribution in [-0.2, 0) is 23.6 Å². The molecule has 0 aliphatic heterocycles. The van der Waals surface area contributed by atoms with Gasteiger partial charge in [0.05, 0.1) is 0 Å². The van der Waals surface area contributed by atoms with E-state index in [2.05, 4.69) is 0 Å². The Hall–Kier alpha value is 0.474. The van der Waals surface area contributed by atoms with Crippen LogP contribution >= 0.6 is 18.6 Å². The van der Waals surface area contributed by atoms with Gasteiger partial charge in [-0.1, -0.05) is 30.3 Å². The molecular weight excluding hydrogens is 217 g/mol. The van der Waals surface area contributed by atoms with E-state index in [1.807, 2.05) is 30.3 Å². The summed E-state index contributed by atoms with van der Waals surface area (Å²) in [6, 6.07) is 9.99. The molecule has 4 heteroatoms. The van der Waals surface area contributed by atoms with Crippen molar-refractivity contribution >= 4 is 18.6 Å². The van der Waals surface area contributed by atoms with Crippen molar-refractivity contribution < 1.29 is 17.0 Å². The topological polar surface area (TPSA) is 26.0 Å². The molecule has 1 aromatic rings. The van der Waals surface area contributed by atoms with Crippen molar-refractivity contribution in [2.24, 2.45) is 5.73 Å². The van der Waals surface area contributed by atoms with Crippen LogP contribution < -0.4 is 5.73 Å². The van der Waals surface area contributed by atoms with E-state index in [-0.39, 0.29) is 0 Å². The summed E-state index contributed by atoms with van der Waals surface area (Å²) >= 11 is -0.556. The molecule has 0 unspecified atom stereocenters. The predicted octanol–water partition coefficient (Wildman–Crippen LogP) is 2.52. The quantitative estimate of drug-likeness (QED) is 0.731. The minimum atomic E-state index is -0.556. The maximum atomic E-state index is 5.35. The molecule has 0 heterocycles. The number of hydrogen-bond acceptors (Lipinski definition) is 1. The summed E-state index contributed by atoms with van der Waals surface area (Å²) in [6.45, 7) is 0.640. The van der Waals surface area contributed by atoms with E-state index >= 15 is 0 Å². The molecule has 60 valence electrons. The number of benzene rings is 1. The van der Waals surface area contributed by atoms with Crippen LogP contribution in [-0.4, -0.2) is 0 Å². The summed E-state index contributed by atoms with van der Waals surface area (Å²) in [4.78, 5) is 0. The number of rotatable bonds is 1. The SMILES string of the molecule is NCc1ccccc1.[Cl][Ti][Cl]. The third-order valence-corrected chi connectivity index (χ3v) is 1.08. The van der Waals surface area contributed by atoms with Crippen molar-refractivity contribution in [3.8, 4) is 0 Å². The second-order valence-corrected chi connectivity index (χ2v) is 4.34. The zero-order valence-electron chi connectivity index (χ0n) is 5.93. The van der Waals surface area contributed by atoms with Gasteiger partial charge in [-0.2, -0.15) is 0 Å².